The topological polar surface area (TPSA) is 20.2 Å². The van der Waals surface area contributed by atoms with Gasteiger partial charge >= 0.3 is 0 Å². The van der Waals surface area contributed by atoms with Crippen molar-refractivity contribution in [1.29, 1.82) is 0 Å². The van der Waals surface area contributed by atoms with Gasteiger partial charge in [-0.2, -0.15) is 0 Å². The smallest absolute Gasteiger partial charge is 0.144 e. The number of phenolic OH excluding ortho intramolecular Hbond substituents is 1. The Balaban J connectivity index is 0.000001000. The second-order valence-corrected chi connectivity index (χ2v) is 4.34. The van der Waals surface area contributed by atoms with Crippen LogP contribution in [0.3, 0.4) is 0 Å². The molecular formula is C6H3BBr3O. The third-order valence-corrected chi connectivity index (χ3v) is 2.65. The number of rotatable bonds is 0. The first-order chi connectivity index (χ1) is 4.61. The van der Waals surface area contributed by atoms with Gasteiger partial charge in [0.05, 0.1) is 8.95 Å². The van der Waals surface area contributed by atoms with Crippen molar-refractivity contribution in [2.24, 2.45) is 0 Å². The highest BCUT2D eigenvalue weighted by atomic mass is 79.9. The first-order valence-electron chi connectivity index (χ1n) is 2.45. The van der Waals surface area contributed by atoms with Crippen molar-refractivity contribution in [3.8, 4) is 5.75 Å². The summed E-state index contributed by atoms with van der Waals surface area (Å²) in [7, 11) is 0. The molecule has 57 valence electrons. The maximum Gasteiger partial charge on any atom is 0.144 e. The molecule has 11 heavy (non-hydrogen) atoms. The second-order valence-electron chi connectivity index (χ2n) is 1.72. The van der Waals surface area contributed by atoms with Crippen LogP contribution in [-0.4, -0.2) is 13.5 Å². The molecule has 0 spiro atoms. The van der Waals surface area contributed by atoms with Gasteiger partial charge in [0.25, 0.3) is 0 Å². The van der Waals surface area contributed by atoms with Gasteiger partial charge in [-0.1, -0.05) is 15.9 Å². The van der Waals surface area contributed by atoms with Gasteiger partial charge in [0.2, 0.25) is 0 Å². The highest BCUT2D eigenvalue weighted by Crippen LogP contribution is 2.34. The first kappa shape index (κ1) is 11.5. The monoisotopic (exact) mass is 339 g/mol. The number of halogens is 3. The van der Waals surface area contributed by atoms with E-state index in [4.69, 9.17) is 0 Å². The zero-order valence-electron chi connectivity index (χ0n) is 5.31. The molecule has 1 nitrogen and oxygen atoms in total. The average Bonchev–Trinajstić information content (AvgIpc) is 1.82. The van der Waals surface area contributed by atoms with Gasteiger partial charge in [-0.05, 0) is 44.0 Å². The Labute approximate surface area is 92.2 Å². The number of aromatic hydroxyl groups is 1. The molecule has 1 rings (SSSR count). The summed E-state index contributed by atoms with van der Waals surface area (Å²) in [5.74, 6) is 0.225. The summed E-state index contributed by atoms with van der Waals surface area (Å²) < 4.78 is 2.27. The average molecular weight is 342 g/mol. The van der Waals surface area contributed by atoms with Crippen molar-refractivity contribution >= 4 is 56.2 Å². The van der Waals surface area contributed by atoms with Crippen LogP contribution in [0.4, 0.5) is 0 Å². The fourth-order valence-corrected chi connectivity index (χ4v) is 2.79. The Kier molecular flexibility index (Phi) is 4.74. The van der Waals surface area contributed by atoms with Gasteiger partial charge in [0.15, 0.2) is 0 Å². The van der Waals surface area contributed by atoms with Gasteiger partial charge in [0.1, 0.15) is 5.75 Å². The molecule has 1 aromatic rings. The van der Waals surface area contributed by atoms with Crippen molar-refractivity contribution < 1.29 is 5.11 Å². The zero-order chi connectivity index (χ0) is 7.72. The SMILES string of the molecule is Oc1c(Br)cc(Br)cc1Br.[B]. The molecule has 0 atom stereocenters. The third-order valence-electron chi connectivity index (χ3n) is 0.982. The maximum absolute atomic E-state index is 9.22. The molecule has 0 fully saturated rings. The molecule has 0 bridgehead atoms. The molecule has 0 amide bonds. The lowest BCUT2D eigenvalue weighted by molar-refractivity contribution is 0.468. The van der Waals surface area contributed by atoms with Crippen LogP contribution in [0.25, 0.3) is 0 Å². The van der Waals surface area contributed by atoms with Crippen LogP contribution in [0.1, 0.15) is 0 Å². The molecule has 0 aliphatic carbocycles. The van der Waals surface area contributed by atoms with Crippen LogP contribution >= 0.6 is 47.8 Å². The maximum atomic E-state index is 9.22. The van der Waals surface area contributed by atoms with E-state index in [1.165, 1.54) is 0 Å². The highest BCUT2D eigenvalue weighted by Gasteiger charge is 2.02. The van der Waals surface area contributed by atoms with E-state index >= 15 is 0 Å². The minimum atomic E-state index is 0. The standard InChI is InChI=1S/C6H3Br3O.B/c7-3-1-4(8)6(10)5(9)2-3;/h1-2,10H;. The molecule has 3 radical (unpaired) electrons. The Morgan fingerprint density at radius 3 is 1.73 bits per heavy atom. The predicted molar refractivity (Wildman–Crippen MR) is 57.0 cm³/mol. The van der Waals surface area contributed by atoms with E-state index in [0.717, 1.165) is 4.47 Å². The molecule has 0 aromatic heterocycles. The predicted octanol–water partition coefficient (Wildman–Crippen LogP) is 3.30. The largest absolute Gasteiger partial charge is 0.506 e. The van der Waals surface area contributed by atoms with Gasteiger partial charge in [0, 0.05) is 12.9 Å². The fraction of sp³-hybridized carbons (Fsp3) is 0. The van der Waals surface area contributed by atoms with E-state index in [0.29, 0.717) is 8.95 Å². The van der Waals surface area contributed by atoms with Crippen LogP contribution in [0, 0.1) is 0 Å². The lowest BCUT2D eigenvalue weighted by Gasteiger charge is -1.99. The summed E-state index contributed by atoms with van der Waals surface area (Å²) >= 11 is 9.65. The van der Waals surface area contributed by atoms with E-state index in [1.807, 2.05) is 0 Å². The van der Waals surface area contributed by atoms with Crippen LogP contribution < -0.4 is 0 Å². The number of hydrogen-bond acceptors (Lipinski definition) is 1. The fourth-order valence-electron chi connectivity index (χ4n) is 0.535. The molecule has 0 heterocycles. The van der Waals surface area contributed by atoms with Gasteiger partial charge in [-0.15, -0.1) is 0 Å². The Morgan fingerprint density at radius 1 is 1.00 bits per heavy atom. The van der Waals surface area contributed by atoms with Crippen molar-refractivity contribution in [3.05, 3.63) is 25.6 Å². The van der Waals surface area contributed by atoms with E-state index < -0.39 is 0 Å². The zero-order valence-corrected chi connectivity index (χ0v) is 10.1. The summed E-state index contributed by atoms with van der Waals surface area (Å²) in [6.07, 6.45) is 0. The number of benzene rings is 1. The van der Waals surface area contributed by atoms with Gasteiger partial charge < -0.3 is 5.11 Å². The van der Waals surface area contributed by atoms with Crippen molar-refractivity contribution in [3.63, 3.8) is 0 Å². The summed E-state index contributed by atoms with van der Waals surface area (Å²) in [6.45, 7) is 0. The molecule has 0 aliphatic rings. The molecule has 1 N–H and O–H groups in total. The summed E-state index contributed by atoms with van der Waals surface area (Å²) in [6, 6.07) is 3.56. The second kappa shape index (κ2) is 4.53. The van der Waals surface area contributed by atoms with Crippen LogP contribution in [0.15, 0.2) is 25.6 Å². The molecule has 0 aliphatic heterocycles. The minimum absolute atomic E-state index is 0. The summed E-state index contributed by atoms with van der Waals surface area (Å²) in [5, 5.41) is 9.22. The molecule has 5 heteroatoms. The number of hydrogen-bond donors (Lipinski definition) is 1. The van der Waals surface area contributed by atoms with E-state index in [2.05, 4.69) is 47.8 Å². The van der Waals surface area contributed by atoms with Crippen molar-refractivity contribution in [2.45, 2.75) is 0 Å². The summed E-state index contributed by atoms with van der Waals surface area (Å²) in [5.41, 5.74) is 0. The van der Waals surface area contributed by atoms with Crippen molar-refractivity contribution in [2.75, 3.05) is 0 Å². The van der Waals surface area contributed by atoms with E-state index in [9.17, 15) is 5.11 Å². The summed E-state index contributed by atoms with van der Waals surface area (Å²) in [4.78, 5) is 0. The molecular weight excluding hydrogens is 339 g/mol. The Hall–Kier alpha value is 0.525. The van der Waals surface area contributed by atoms with E-state index in [1.54, 1.807) is 12.1 Å². The lowest BCUT2D eigenvalue weighted by atomic mass is 10.3. The van der Waals surface area contributed by atoms with Crippen LogP contribution in [-0.2, 0) is 0 Å². The van der Waals surface area contributed by atoms with E-state index in [-0.39, 0.29) is 14.2 Å². The van der Waals surface area contributed by atoms with Gasteiger partial charge in [-0.25, -0.2) is 0 Å². The van der Waals surface area contributed by atoms with Crippen LogP contribution in [0.5, 0.6) is 5.75 Å². The first-order valence-corrected chi connectivity index (χ1v) is 4.82. The molecule has 1 aromatic carbocycles. The normalized spacial score (nSPS) is 9.00. The molecule has 0 unspecified atom stereocenters. The molecule has 0 saturated carbocycles. The third kappa shape index (κ3) is 2.80. The van der Waals surface area contributed by atoms with Crippen molar-refractivity contribution in [1.82, 2.24) is 0 Å². The van der Waals surface area contributed by atoms with Gasteiger partial charge in [-0.3, -0.25) is 0 Å². The molecule has 0 saturated heterocycles. The Bertz CT molecular complexity index is 241. The lowest BCUT2D eigenvalue weighted by Crippen LogP contribution is -1.71. The Morgan fingerprint density at radius 2 is 1.36 bits per heavy atom. The number of phenols is 1. The quantitative estimate of drug-likeness (QED) is 0.718. The highest BCUT2D eigenvalue weighted by molar-refractivity contribution is 9.11. The van der Waals surface area contributed by atoms with Crippen LogP contribution in [0.2, 0.25) is 0 Å². The minimum Gasteiger partial charge on any atom is -0.506 e.